The lowest BCUT2D eigenvalue weighted by Crippen LogP contribution is -2.27. The molecule has 0 N–H and O–H groups in total. The molecule has 0 atom stereocenters. The number of nitrogens with zero attached hydrogens (tertiary/aromatic N) is 2. The van der Waals surface area contributed by atoms with E-state index in [1.165, 1.54) is 29.2 Å². The number of nitro benzene ring substituents is 1. The van der Waals surface area contributed by atoms with E-state index in [1.807, 2.05) is 31.2 Å². The van der Waals surface area contributed by atoms with Gasteiger partial charge in [0.05, 0.1) is 21.9 Å². The summed E-state index contributed by atoms with van der Waals surface area (Å²) in [6.07, 6.45) is 1.47. The third-order valence-electron chi connectivity index (χ3n) is 4.79. The molecule has 1 aliphatic rings. The summed E-state index contributed by atoms with van der Waals surface area (Å²) in [6.45, 7) is 2.11. The molecular weight excluding hydrogens is 440 g/mol. The number of halogens is 1. The Hall–Kier alpha value is -3.36. The third kappa shape index (κ3) is 4.26. The van der Waals surface area contributed by atoms with Crippen molar-refractivity contribution in [1.29, 1.82) is 0 Å². The van der Waals surface area contributed by atoms with E-state index in [-0.39, 0.29) is 38.7 Å². The van der Waals surface area contributed by atoms with Gasteiger partial charge in [-0.15, -0.1) is 0 Å². The highest BCUT2D eigenvalue weighted by atomic mass is 35.5. The van der Waals surface area contributed by atoms with E-state index in [9.17, 15) is 19.7 Å². The molecule has 1 fully saturated rings. The minimum atomic E-state index is -0.541. The Morgan fingerprint density at radius 1 is 1.16 bits per heavy atom. The lowest BCUT2D eigenvalue weighted by molar-refractivity contribution is -0.384. The Labute approximate surface area is 186 Å². The van der Waals surface area contributed by atoms with E-state index in [4.69, 9.17) is 16.0 Å². The molecule has 0 spiro atoms. The fraction of sp³-hybridized carbons (Fsp3) is 0.0909. The van der Waals surface area contributed by atoms with Crippen molar-refractivity contribution >= 4 is 46.3 Å². The van der Waals surface area contributed by atoms with Crippen LogP contribution < -0.4 is 0 Å². The topological polar surface area (TPSA) is 93.7 Å². The number of aryl methyl sites for hydroxylation is 1. The summed E-state index contributed by atoms with van der Waals surface area (Å²) in [4.78, 5) is 37.3. The summed E-state index contributed by atoms with van der Waals surface area (Å²) in [5.41, 5.74) is 1.96. The van der Waals surface area contributed by atoms with Crippen molar-refractivity contribution < 1.29 is 18.9 Å². The molecule has 0 saturated carbocycles. The molecule has 156 valence electrons. The lowest BCUT2D eigenvalue weighted by atomic mass is 10.1. The predicted molar refractivity (Wildman–Crippen MR) is 119 cm³/mol. The molecular formula is C22H15ClN2O5S. The lowest BCUT2D eigenvalue weighted by Gasteiger charge is -2.14. The summed E-state index contributed by atoms with van der Waals surface area (Å²) >= 11 is 6.69. The number of nitro groups is 1. The largest absolute Gasteiger partial charge is 0.456 e. The van der Waals surface area contributed by atoms with Gasteiger partial charge in [0.1, 0.15) is 11.5 Å². The zero-order chi connectivity index (χ0) is 22.1. The molecule has 3 aromatic rings. The predicted octanol–water partition coefficient (Wildman–Crippen LogP) is 6.05. The summed E-state index contributed by atoms with van der Waals surface area (Å²) in [6, 6.07) is 15.0. The number of rotatable bonds is 5. The van der Waals surface area contributed by atoms with Gasteiger partial charge in [-0.25, -0.2) is 0 Å². The summed E-state index contributed by atoms with van der Waals surface area (Å²) in [7, 11) is 0. The number of carbonyl (C=O) groups excluding carboxylic acids is 2. The summed E-state index contributed by atoms with van der Waals surface area (Å²) in [5.74, 6) is 0.156. The number of furan rings is 1. The molecule has 9 heteroatoms. The van der Waals surface area contributed by atoms with Crippen LogP contribution >= 0.6 is 23.4 Å². The molecule has 1 saturated heterocycles. The molecule has 2 aromatic carbocycles. The maximum atomic E-state index is 12.8. The van der Waals surface area contributed by atoms with E-state index < -0.39 is 10.8 Å². The fourth-order valence-corrected chi connectivity index (χ4v) is 4.15. The zero-order valence-electron chi connectivity index (χ0n) is 16.2. The number of carbonyl (C=O) groups is 2. The minimum absolute atomic E-state index is 0.188. The first-order valence-electron chi connectivity index (χ1n) is 9.17. The number of amides is 2. The van der Waals surface area contributed by atoms with Crippen LogP contribution in [-0.2, 0) is 11.3 Å². The maximum absolute atomic E-state index is 12.8. The second-order valence-corrected chi connectivity index (χ2v) is 8.24. The van der Waals surface area contributed by atoms with Gasteiger partial charge in [0.2, 0.25) is 0 Å². The number of hydrogen-bond donors (Lipinski definition) is 0. The van der Waals surface area contributed by atoms with Crippen LogP contribution in [0, 0.1) is 17.0 Å². The highest BCUT2D eigenvalue weighted by molar-refractivity contribution is 8.18. The minimum Gasteiger partial charge on any atom is -0.456 e. The van der Waals surface area contributed by atoms with Gasteiger partial charge in [0, 0.05) is 17.2 Å². The Morgan fingerprint density at radius 2 is 1.94 bits per heavy atom. The van der Waals surface area contributed by atoms with Crippen molar-refractivity contribution in [3.05, 3.63) is 91.5 Å². The van der Waals surface area contributed by atoms with E-state index in [0.717, 1.165) is 22.9 Å². The van der Waals surface area contributed by atoms with E-state index in [0.29, 0.717) is 5.76 Å². The third-order valence-corrected chi connectivity index (χ3v) is 5.93. The van der Waals surface area contributed by atoms with Crippen molar-refractivity contribution in [2.75, 3.05) is 0 Å². The summed E-state index contributed by atoms with van der Waals surface area (Å²) in [5, 5.41) is 11.2. The molecule has 31 heavy (non-hydrogen) atoms. The van der Waals surface area contributed by atoms with Gasteiger partial charge in [0.25, 0.3) is 16.8 Å². The standard InChI is InChI=1S/C22H15ClN2O5S/c1-13-4-2-3-5-14(13)12-24-21(26)20(31-22(24)27)11-16-7-9-19(30-16)17-8-6-15(23)10-18(17)25(28)29/h2-11H,12H2,1H3/b20-11-. The summed E-state index contributed by atoms with van der Waals surface area (Å²) < 4.78 is 5.70. The molecule has 2 heterocycles. The molecule has 4 rings (SSSR count). The van der Waals surface area contributed by atoms with Crippen LogP contribution in [0.1, 0.15) is 16.9 Å². The molecule has 0 radical (unpaired) electrons. The van der Waals surface area contributed by atoms with E-state index in [2.05, 4.69) is 0 Å². The van der Waals surface area contributed by atoms with Crippen LogP contribution in [-0.4, -0.2) is 21.0 Å². The van der Waals surface area contributed by atoms with Gasteiger partial charge < -0.3 is 4.42 Å². The number of benzene rings is 2. The van der Waals surface area contributed by atoms with Crippen molar-refractivity contribution in [3.8, 4) is 11.3 Å². The van der Waals surface area contributed by atoms with E-state index in [1.54, 1.807) is 12.1 Å². The van der Waals surface area contributed by atoms with Crippen LogP contribution in [0.15, 0.2) is 63.9 Å². The smallest absolute Gasteiger partial charge is 0.293 e. The van der Waals surface area contributed by atoms with Gasteiger partial charge >= 0.3 is 0 Å². The van der Waals surface area contributed by atoms with Gasteiger partial charge in [-0.2, -0.15) is 0 Å². The SMILES string of the molecule is Cc1ccccc1CN1C(=O)S/C(=C\c2ccc(-c3ccc(Cl)cc3[N+](=O)[O-])o2)C1=O. The van der Waals surface area contributed by atoms with Gasteiger partial charge in [-0.1, -0.05) is 35.9 Å². The average molecular weight is 455 g/mol. The molecule has 0 aliphatic carbocycles. The normalized spacial score (nSPS) is 15.2. The van der Waals surface area contributed by atoms with Gasteiger partial charge in [0.15, 0.2) is 0 Å². The molecule has 1 aromatic heterocycles. The van der Waals surface area contributed by atoms with Crippen molar-refractivity contribution in [2.45, 2.75) is 13.5 Å². The van der Waals surface area contributed by atoms with Gasteiger partial charge in [-0.05, 0) is 54.1 Å². The van der Waals surface area contributed by atoms with Crippen molar-refractivity contribution in [3.63, 3.8) is 0 Å². The monoisotopic (exact) mass is 454 g/mol. The number of thioether (sulfide) groups is 1. The maximum Gasteiger partial charge on any atom is 0.293 e. The molecule has 1 aliphatic heterocycles. The van der Waals surface area contributed by atoms with Gasteiger partial charge in [-0.3, -0.25) is 24.6 Å². The quantitative estimate of drug-likeness (QED) is 0.264. The highest BCUT2D eigenvalue weighted by Gasteiger charge is 2.35. The van der Waals surface area contributed by atoms with Crippen LogP contribution in [0.3, 0.4) is 0 Å². The first kappa shape index (κ1) is 20.9. The Kier molecular flexibility index (Phi) is 5.67. The first-order valence-corrected chi connectivity index (χ1v) is 10.4. The van der Waals surface area contributed by atoms with Crippen LogP contribution in [0.25, 0.3) is 17.4 Å². The average Bonchev–Trinajstić information content (AvgIpc) is 3.29. The Morgan fingerprint density at radius 3 is 2.68 bits per heavy atom. The van der Waals surface area contributed by atoms with Crippen LogP contribution in [0.4, 0.5) is 10.5 Å². The fourth-order valence-electron chi connectivity index (χ4n) is 3.16. The number of hydrogen-bond acceptors (Lipinski definition) is 6. The second-order valence-electron chi connectivity index (χ2n) is 6.81. The van der Waals surface area contributed by atoms with E-state index >= 15 is 0 Å². The molecule has 7 nitrogen and oxygen atoms in total. The highest BCUT2D eigenvalue weighted by Crippen LogP contribution is 2.36. The molecule has 0 bridgehead atoms. The Bertz CT molecular complexity index is 1250. The van der Waals surface area contributed by atoms with Crippen LogP contribution in [0.5, 0.6) is 0 Å². The van der Waals surface area contributed by atoms with Crippen LogP contribution in [0.2, 0.25) is 5.02 Å². The molecule has 0 unspecified atom stereocenters. The Balaban J connectivity index is 1.59. The van der Waals surface area contributed by atoms with Crippen molar-refractivity contribution in [2.24, 2.45) is 0 Å². The zero-order valence-corrected chi connectivity index (χ0v) is 17.8. The van der Waals surface area contributed by atoms with Crippen molar-refractivity contribution in [1.82, 2.24) is 4.90 Å². The second kappa shape index (κ2) is 8.41. The number of imide groups is 1. The first-order chi connectivity index (χ1) is 14.8. The molecule has 2 amide bonds.